The third-order valence-electron chi connectivity index (χ3n) is 4.15. The summed E-state index contributed by atoms with van der Waals surface area (Å²) in [5.41, 5.74) is 0.465. The number of rotatable bonds is 7. The third kappa shape index (κ3) is 5.16. The summed E-state index contributed by atoms with van der Waals surface area (Å²) in [6.45, 7) is 3.97. The van der Waals surface area contributed by atoms with Gasteiger partial charge in [0.15, 0.2) is 0 Å². The van der Waals surface area contributed by atoms with E-state index in [1.54, 1.807) is 19.9 Å². The Morgan fingerprint density at radius 2 is 1.79 bits per heavy atom. The van der Waals surface area contributed by atoms with Crippen molar-refractivity contribution >= 4 is 55.1 Å². The number of nitrogens with one attached hydrogen (secondary N) is 1. The normalized spacial score (nSPS) is 11.4. The smallest absolute Gasteiger partial charge is 0.340 e. The number of ether oxygens (including phenoxy) is 1. The zero-order valence-electron chi connectivity index (χ0n) is 16.0. The maximum atomic E-state index is 12.8. The number of esters is 1. The molecule has 0 heterocycles. The fourth-order valence-electron chi connectivity index (χ4n) is 2.64. The predicted octanol–water partition coefficient (Wildman–Crippen LogP) is 4.17. The number of hydrogen-bond donors (Lipinski definition) is 1. The predicted molar refractivity (Wildman–Crippen MR) is 115 cm³/mol. The van der Waals surface area contributed by atoms with E-state index >= 15 is 0 Å². The number of hydrogen-bond acceptors (Lipinski definition) is 5. The Labute approximate surface area is 183 Å². The van der Waals surface area contributed by atoms with Gasteiger partial charge in [-0.2, -0.15) is 4.31 Å². The van der Waals surface area contributed by atoms with Crippen LogP contribution in [0.15, 0.2) is 45.8 Å². The number of methoxy groups -OCH3 is 1. The van der Waals surface area contributed by atoms with Gasteiger partial charge in [-0.3, -0.25) is 4.79 Å². The van der Waals surface area contributed by atoms with Crippen molar-refractivity contribution in [1.82, 2.24) is 4.31 Å². The van der Waals surface area contributed by atoms with Crippen LogP contribution in [0.5, 0.6) is 0 Å². The number of sulfonamides is 1. The zero-order valence-corrected chi connectivity index (χ0v) is 19.2. The summed E-state index contributed by atoms with van der Waals surface area (Å²) in [4.78, 5) is 24.6. The summed E-state index contributed by atoms with van der Waals surface area (Å²) in [6, 6.07) is 8.70. The van der Waals surface area contributed by atoms with E-state index < -0.39 is 21.9 Å². The molecule has 1 amide bonds. The highest BCUT2D eigenvalue weighted by Crippen LogP contribution is 2.27. The third-order valence-corrected chi connectivity index (χ3v) is 7.18. The molecule has 0 aliphatic carbocycles. The molecule has 156 valence electrons. The van der Waals surface area contributed by atoms with Gasteiger partial charge >= 0.3 is 5.97 Å². The summed E-state index contributed by atoms with van der Waals surface area (Å²) < 4.78 is 32.2. The molecule has 0 saturated heterocycles. The van der Waals surface area contributed by atoms with E-state index in [4.69, 9.17) is 16.3 Å². The molecule has 2 aromatic carbocycles. The molecule has 29 heavy (non-hydrogen) atoms. The molecule has 1 N–H and O–H groups in total. The molecule has 0 aliphatic heterocycles. The molecule has 0 unspecified atom stereocenters. The highest BCUT2D eigenvalue weighted by atomic mass is 79.9. The van der Waals surface area contributed by atoms with Gasteiger partial charge in [0.1, 0.15) is 4.90 Å². The highest BCUT2D eigenvalue weighted by Gasteiger charge is 2.26. The van der Waals surface area contributed by atoms with Crippen LogP contribution in [0.4, 0.5) is 5.69 Å². The molecule has 2 rings (SSSR count). The van der Waals surface area contributed by atoms with Crippen molar-refractivity contribution in [1.29, 1.82) is 0 Å². The van der Waals surface area contributed by atoms with Gasteiger partial charge in [-0.1, -0.05) is 41.4 Å². The fraction of sp³-hybridized carbons (Fsp3) is 0.263. The van der Waals surface area contributed by atoms with Gasteiger partial charge in [0.05, 0.1) is 23.4 Å². The van der Waals surface area contributed by atoms with E-state index in [0.29, 0.717) is 4.47 Å². The Balaban J connectivity index is 2.43. The second-order valence-corrected chi connectivity index (χ2v) is 9.10. The molecule has 7 nitrogen and oxygen atoms in total. The lowest BCUT2D eigenvalue weighted by atomic mass is 10.1. The van der Waals surface area contributed by atoms with Crippen molar-refractivity contribution in [3.63, 3.8) is 0 Å². The second-order valence-electron chi connectivity index (χ2n) is 5.87. The molecule has 0 fully saturated rings. The van der Waals surface area contributed by atoms with Crippen LogP contribution in [0.3, 0.4) is 0 Å². The first-order valence-electron chi connectivity index (χ1n) is 8.64. The standard InChI is InChI=1S/C19H20BrClN2O5S/c1-4-23(5-2)29(26,27)17-10-12(6-8-15(17)21)18(24)22-16-9-7-13(20)11-14(16)19(25)28-3/h6-11H,4-5H2,1-3H3,(H,22,24). The number of nitrogens with zero attached hydrogens (tertiary/aromatic N) is 1. The van der Waals surface area contributed by atoms with Gasteiger partial charge in [-0.05, 0) is 36.4 Å². The van der Waals surface area contributed by atoms with Crippen LogP contribution < -0.4 is 5.32 Å². The zero-order chi connectivity index (χ0) is 21.8. The molecular formula is C19H20BrClN2O5S. The Hall–Kier alpha value is -1.94. The summed E-state index contributed by atoms with van der Waals surface area (Å²) in [5.74, 6) is -1.22. The second kappa shape index (κ2) is 9.71. The lowest BCUT2D eigenvalue weighted by molar-refractivity contribution is 0.0602. The lowest BCUT2D eigenvalue weighted by Crippen LogP contribution is -2.31. The van der Waals surface area contributed by atoms with Gasteiger partial charge in [-0.15, -0.1) is 0 Å². The summed E-state index contributed by atoms with van der Waals surface area (Å²) >= 11 is 9.37. The molecular weight excluding hydrogens is 484 g/mol. The van der Waals surface area contributed by atoms with E-state index in [1.165, 1.54) is 41.7 Å². The number of benzene rings is 2. The summed E-state index contributed by atoms with van der Waals surface area (Å²) in [6.07, 6.45) is 0. The number of amides is 1. The Morgan fingerprint density at radius 1 is 1.14 bits per heavy atom. The molecule has 0 spiro atoms. The van der Waals surface area contributed by atoms with Crippen molar-refractivity contribution in [3.8, 4) is 0 Å². The van der Waals surface area contributed by atoms with Crippen LogP contribution in [-0.4, -0.2) is 44.8 Å². The van der Waals surface area contributed by atoms with Crippen LogP contribution in [0.2, 0.25) is 5.02 Å². The Kier molecular flexibility index (Phi) is 7.81. The van der Waals surface area contributed by atoms with Gasteiger partial charge in [-0.25, -0.2) is 13.2 Å². The average Bonchev–Trinajstić information content (AvgIpc) is 2.69. The summed E-state index contributed by atoms with van der Waals surface area (Å²) in [5, 5.41) is 2.63. The van der Waals surface area contributed by atoms with Crippen LogP contribution >= 0.6 is 27.5 Å². The minimum Gasteiger partial charge on any atom is -0.465 e. The first-order chi connectivity index (χ1) is 13.6. The summed E-state index contributed by atoms with van der Waals surface area (Å²) in [7, 11) is -2.62. The van der Waals surface area contributed by atoms with Crippen molar-refractivity contribution in [2.75, 3.05) is 25.5 Å². The molecule has 0 radical (unpaired) electrons. The lowest BCUT2D eigenvalue weighted by Gasteiger charge is -2.19. The molecule has 0 bridgehead atoms. The average molecular weight is 504 g/mol. The minimum absolute atomic E-state index is 0.0207. The molecule has 2 aromatic rings. The van der Waals surface area contributed by atoms with Crippen LogP contribution in [0, 0.1) is 0 Å². The van der Waals surface area contributed by atoms with Crippen molar-refractivity contribution in [2.45, 2.75) is 18.7 Å². The maximum absolute atomic E-state index is 12.8. The fourth-order valence-corrected chi connectivity index (χ4v) is 4.96. The van der Waals surface area contributed by atoms with E-state index in [2.05, 4.69) is 21.2 Å². The first-order valence-corrected chi connectivity index (χ1v) is 11.3. The van der Waals surface area contributed by atoms with Gasteiger partial charge in [0, 0.05) is 23.1 Å². The van der Waals surface area contributed by atoms with Crippen molar-refractivity contribution < 1.29 is 22.7 Å². The number of anilines is 1. The number of halogens is 2. The topological polar surface area (TPSA) is 92.8 Å². The van der Waals surface area contributed by atoms with Gasteiger partial charge < -0.3 is 10.1 Å². The number of carbonyl (C=O) groups excluding carboxylic acids is 2. The largest absolute Gasteiger partial charge is 0.465 e. The molecule has 0 aromatic heterocycles. The quantitative estimate of drug-likeness (QED) is 0.573. The van der Waals surface area contributed by atoms with E-state index in [-0.39, 0.29) is 39.8 Å². The van der Waals surface area contributed by atoms with Gasteiger partial charge in [0.2, 0.25) is 10.0 Å². The van der Waals surface area contributed by atoms with Crippen LogP contribution in [0.1, 0.15) is 34.6 Å². The van der Waals surface area contributed by atoms with Gasteiger partial charge in [0.25, 0.3) is 5.91 Å². The van der Waals surface area contributed by atoms with Crippen LogP contribution in [-0.2, 0) is 14.8 Å². The van der Waals surface area contributed by atoms with Crippen molar-refractivity contribution in [3.05, 3.63) is 57.0 Å². The maximum Gasteiger partial charge on any atom is 0.340 e. The van der Waals surface area contributed by atoms with E-state index in [0.717, 1.165) is 0 Å². The molecule has 10 heteroatoms. The SMILES string of the molecule is CCN(CC)S(=O)(=O)c1cc(C(=O)Nc2ccc(Br)cc2C(=O)OC)ccc1Cl. The number of carbonyl (C=O) groups is 2. The molecule has 0 atom stereocenters. The minimum atomic E-state index is -3.85. The molecule has 0 aliphatic rings. The monoisotopic (exact) mass is 502 g/mol. The van der Waals surface area contributed by atoms with Crippen LogP contribution in [0.25, 0.3) is 0 Å². The highest BCUT2D eigenvalue weighted by molar-refractivity contribution is 9.10. The molecule has 0 saturated carbocycles. The van der Waals surface area contributed by atoms with Crippen molar-refractivity contribution in [2.24, 2.45) is 0 Å². The van der Waals surface area contributed by atoms with E-state index in [1.807, 2.05) is 0 Å². The first kappa shape index (κ1) is 23.3. The Bertz CT molecular complexity index is 1040. The Morgan fingerprint density at radius 3 is 2.38 bits per heavy atom. The van der Waals surface area contributed by atoms with E-state index in [9.17, 15) is 18.0 Å².